The molecule has 0 spiro atoms. The fraction of sp³-hybridized carbons (Fsp3) is 0.182. The Morgan fingerprint density at radius 2 is 0.733 bits per heavy atom. The molecule has 6 rings (SSSR count). The molecule has 0 amide bonds. The first kappa shape index (κ1) is 31.5. The third kappa shape index (κ3) is 8.19. The summed E-state index contributed by atoms with van der Waals surface area (Å²) in [4.78, 5) is 2.28. The van der Waals surface area contributed by atoms with Crippen LogP contribution >= 0.6 is 0 Å². The van der Waals surface area contributed by atoms with E-state index in [1.807, 2.05) is 0 Å². The van der Waals surface area contributed by atoms with Gasteiger partial charge in [0.2, 0.25) is 0 Å². The molecule has 0 aliphatic heterocycles. The zero-order valence-corrected chi connectivity index (χ0v) is 27.5. The lowest BCUT2D eigenvalue weighted by Crippen LogP contribution is -2.09. The molecule has 0 aromatic heterocycles. The fourth-order valence-corrected chi connectivity index (χ4v) is 5.42. The number of para-hydroxylation sites is 2. The van der Waals surface area contributed by atoms with E-state index in [-0.39, 0.29) is 0 Å². The fourth-order valence-electron chi connectivity index (χ4n) is 5.42. The average Bonchev–Trinajstić information content (AvgIpc) is 3.07. The first-order chi connectivity index (χ1) is 21.8. The maximum absolute atomic E-state index is 2.33. The van der Waals surface area contributed by atoms with Crippen molar-refractivity contribution >= 4 is 17.1 Å². The second kappa shape index (κ2) is 14.7. The van der Waals surface area contributed by atoms with Gasteiger partial charge in [0.15, 0.2) is 0 Å². The first-order valence-electron chi connectivity index (χ1n) is 16.1. The van der Waals surface area contributed by atoms with Gasteiger partial charge in [-0.2, -0.15) is 0 Å². The quantitative estimate of drug-likeness (QED) is 0.180. The van der Waals surface area contributed by atoms with Crippen molar-refractivity contribution in [3.05, 3.63) is 174 Å². The molecule has 45 heavy (non-hydrogen) atoms. The van der Waals surface area contributed by atoms with Gasteiger partial charge in [-0.1, -0.05) is 148 Å². The molecule has 0 bridgehead atoms. The lowest BCUT2D eigenvalue weighted by atomic mass is 9.92. The second-order valence-electron chi connectivity index (χ2n) is 12.5. The normalized spacial score (nSPS) is 10.8. The van der Waals surface area contributed by atoms with E-state index in [0.29, 0.717) is 11.8 Å². The molecule has 0 radical (unpaired) electrons. The molecule has 0 N–H and O–H groups in total. The highest BCUT2D eigenvalue weighted by Gasteiger charge is 2.12. The van der Waals surface area contributed by atoms with Gasteiger partial charge in [0.05, 0.1) is 0 Å². The van der Waals surface area contributed by atoms with Crippen molar-refractivity contribution in [3.63, 3.8) is 0 Å². The molecular weight excluding hydrogens is 542 g/mol. The van der Waals surface area contributed by atoms with Crippen molar-refractivity contribution in [2.24, 2.45) is 0 Å². The molecule has 0 atom stereocenters. The van der Waals surface area contributed by atoms with Crippen molar-refractivity contribution in [1.29, 1.82) is 0 Å². The van der Waals surface area contributed by atoms with Gasteiger partial charge >= 0.3 is 0 Å². The number of aryl methyl sites for hydroxylation is 2. The Bertz CT molecular complexity index is 1660. The van der Waals surface area contributed by atoms with E-state index in [1.54, 1.807) is 0 Å². The Morgan fingerprint density at radius 3 is 1.11 bits per heavy atom. The van der Waals surface area contributed by atoms with E-state index in [9.17, 15) is 0 Å². The minimum atomic E-state index is 0.518. The van der Waals surface area contributed by atoms with Crippen molar-refractivity contribution in [2.75, 3.05) is 4.90 Å². The largest absolute Gasteiger partial charge is 0.311 e. The Morgan fingerprint density at radius 1 is 0.356 bits per heavy atom. The number of hydrogen-bond donors (Lipinski definition) is 0. The van der Waals surface area contributed by atoms with Gasteiger partial charge in [-0.15, -0.1) is 0 Å². The predicted octanol–water partition coefficient (Wildman–Crippen LogP) is 13.0. The summed E-state index contributed by atoms with van der Waals surface area (Å²) in [5.74, 6) is 1.07. The summed E-state index contributed by atoms with van der Waals surface area (Å²) in [6, 6.07) is 54.4. The van der Waals surface area contributed by atoms with Crippen LogP contribution in [0.25, 0.3) is 22.3 Å². The molecule has 0 saturated carbocycles. The van der Waals surface area contributed by atoms with Crippen LogP contribution in [-0.4, -0.2) is 0 Å². The summed E-state index contributed by atoms with van der Waals surface area (Å²) in [5, 5.41) is 0. The molecule has 6 aromatic carbocycles. The highest BCUT2D eigenvalue weighted by atomic mass is 15.1. The number of anilines is 3. The minimum Gasteiger partial charge on any atom is -0.311 e. The molecule has 0 aliphatic carbocycles. The third-order valence-corrected chi connectivity index (χ3v) is 8.24. The van der Waals surface area contributed by atoms with Crippen LogP contribution < -0.4 is 4.90 Å². The van der Waals surface area contributed by atoms with Gasteiger partial charge in [0.1, 0.15) is 0 Å². The lowest BCUT2D eigenvalue weighted by Gasteiger charge is -2.25. The van der Waals surface area contributed by atoms with E-state index in [0.717, 1.165) is 0 Å². The summed E-state index contributed by atoms with van der Waals surface area (Å²) in [7, 11) is 0. The van der Waals surface area contributed by atoms with E-state index >= 15 is 0 Å². The summed E-state index contributed by atoms with van der Waals surface area (Å²) in [6.45, 7) is 13.2. The van der Waals surface area contributed by atoms with Crippen molar-refractivity contribution in [2.45, 2.75) is 53.4 Å². The zero-order valence-electron chi connectivity index (χ0n) is 27.5. The SMILES string of the molecule is CC(C)c1ccc(N(c2ccccc2)c2ccccc2)cc1.Cc1ccc(-c2cc(-c3ccc(C)cc3)cc(C(C)C)c2)cc1. The van der Waals surface area contributed by atoms with Crippen LogP contribution in [0.5, 0.6) is 0 Å². The van der Waals surface area contributed by atoms with Crippen molar-refractivity contribution in [1.82, 2.24) is 0 Å². The molecule has 0 aliphatic rings. The van der Waals surface area contributed by atoms with Gasteiger partial charge < -0.3 is 4.90 Å². The monoisotopic (exact) mass is 587 g/mol. The van der Waals surface area contributed by atoms with Gasteiger partial charge in [-0.05, 0) is 102 Å². The number of rotatable bonds is 7. The second-order valence-corrected chi connectivity index (χ2v) is 12.5. The molecular formula is C44H45N. The van der Waals surface area contributed by atoms with Crippen LogP contribution in [0.4, 0.5) is 17.1 Å². The van der Waals surface area contributed by atoms with Crippen LogP contribution in [0, 0.1) is 13.8 Å². The summed E-state index contributed by atoms with van der Waals surface area (Å²) in [5.41, 5.74) is 14.0. The van der Waals surface area contributed by atoms with E-state index in [4.69, 9.17) is 0 Å². The van der Waals surface area contributed by atoms with Crippen LogP contribution in [0.2, 0.25) is 0 Å². The number of hydrogen-bond acceptors (Lipinski definition) is 1. The smallest absolute Gasteiger partial charge is 0.0461 e. The van der Waals surface area contributed by atoms with E-state index in [2.05, 4.69) is 198 Å². The molecule has 0 heterocycles. The van der Waals surface area contributed by atoms with Crippen LogP contribution in [0.15, 0.2) is 152 Å². The van der Waals surface area contributed by atoms with Gasteiger partial charge in [0.25, 0.3) is 0 Å². The number of nitrogens with zero attached hydrogens (tertiary/aromatic N) is 1. The Kier molecular flexibility index (Phi) is 10.3. The van der Waals surface area contributed by atoms with E-state index < -0.39 is 0 Å². The zero-order chi connectivity index (χ0) is 31.8. The average molecular weight is 588 g/mol. The maximum Gasteiger partial charge on any atom is 0.0461 e. The molecule has 0 saturated heterocycles. The summed E-state index contributed by atoms with van der Waals surface area (Å²) >= 11 is 0. The highest BCUT2D eigenvalue weighted by Crippen LogP contribution is 2.35. The summed E-state index contributed by atoms with van der Waals surface area (Å²) in [6.07, 6.45) is 0. The van der Waals surface area contributed by atoms with Gasteiger partial charge in [-0.25, -0.2) is 0 Å². The predicted molar refractivity (Wildman–Crippen MR) is 196 cm³/mol. The molecule has 1 nitrogen and oxygen atoms in total. The lowest BCUT2D eigenvalue weighted by molar-refractivity contribution is 0.866. The standard InChI is InChI=1S/C23H24.C21H21N/c1-16(2)21-13-22(19-9-5-17(3)6-10-19)15-23(14-21)20-11-7-18(4)8-12-20;1-17(2)18-13-15-21(16-14-18)22(19-9-5-3-6-10-19)20-11-7-4-8-12-20/h5-16H,1-4H3;3-17H,1-2H3. The molecule has 1 heteroatoms. The van der Waals surface area contributed by atoms with Crippen LogP contribution in [0.1, 0.15) is 61.8 Å². The highest BCUT2D eigenvalue weighted by molar-refractivity contribution is 5.77. The minimum absolute atomic E-state index is 0.518. The molecule has 6 aromatic rings. The topological polar surface area (TPSA) is 3.24 Å². The Balaban J connectivity index is 0.000000178. The third-order valence-electron chi connectivity index (χ3n) is 8.24. The maximum atomic E-state index is 2.33. The number of benzene rings is 6. The molecule has 226 valence electrons. The Labute approximate surface area is 270 Å². The molecule has 0 unspecified atom stereocenters. The van der Waals surface area contributed by atoms with Gasteiger partial charge in [0, 0.05) is 17.1 Å². The van der Waals surface area contributed by atoms with Crippen molar-refractivity contribution in [3.8, 4) is 22.3 Å². The van der Waals surface area contributed by atoms with Crippen LogP contribution in [-0.2, 0) is 0 Å². The van der Waals surface area contributed by atoms with Gasteiger partial charge in [-0.3, -0.25) is 0 Å². The molecule has 0 fully saturated rings. The Hall–Kier alpha value is -4.88. The first-order valence-corrected chi connectivity index (χ1v) is 16.1. The van der Waals surface area contributed by atoms with E-state index in [1.165, 1.54) is 61.6 Å². The van der Waals surface area contributed by atoms with Crippen LogP contribution in [0.3, 0.4) is 0 Å². The summed E-state index contributed by atoms with van der Waals surface area (Å²) < 4.78 is 0. The van der Waals surface area contributed by atoms with Crippen molar-refractivity contribution < 1.29 is 0 Å².